The fraction of sp³-hybridized carbons (Fsp3) is 0.0435. The van der Waals surface area contributed by atoms with Crippen LogP contribution in [0.1, 0.15) is 21.6 Å². The number of hydrogen-bond acceptors (Lipinski definition) is 2. The Hall–Kier alpha value is -3.17. The maximum Gasteiger partial charge on any atom is 0.186 e. The fourth-order valence-electron chi connectivity index (χ4n) is 3.09. The van der Waals surface area contributed by atoms with Crippen LogP contribution in [0.5, 0.6) is 0 Å². The van der Waals surface area contributed by atoms with Gasteiger partial charge in [0.2, 0.25) is 0 Å². The Morgan fingerprint density at radius 2 is 1.74 bits per heavy atom. The number of aryl methyl sites for hydroxylation is 1. The predicted octanol–water partition coefficient (Wildman–Crippen LogP) is 5.86. The van der Waals surface area contributed by atoms with E-state index >= 15 is 0 Å². The van der Waals surface area contributed by atoms with E-state index in [0.29, 0.717) is 10.6 Å². The zero-order chi connectivity index (χ0) is 18.8. The van der Waals surface area contributed by atoms with Gasteiger partial charge in [0, 0.05) is 22.3 Å². The summed E-state index contributed by atoms with van der Waals surface area (Å²) in [6, 6.07) is 21.0. The molecule has 3 nitrogen and oxygen atoms in total. The average Bonchev–Trinajstić information content (AvgIpc) is 3.05. The predicted molar refractivity (Wildman–Crippen MR) is 110 cm³/mol. The lowest BCUT2D eigenvalue weighted by molar-refractivity contribution is 0.104. The van der Waals surface area contributed by atoms with E-state index in [4.69, 9.17) is 16.6 Å². The van der Waals surface area contributed by atoms with E-state index in [0.717, 1.165) is 28.2 Å². The van der Waals surface area contributed by atoms with Crippen LogP contribution < -0.4 is 0 Å². The quantitative estimate of drug-likeness (QED) is 0.332. The van der Waals surface area contributed by atoms with Gasteiger partial charge in [-0.3, -0.25) is 9.20 Å². The van der Waals surface area contributed by atoms with E-state index in [9.17, 15) is 4.79 Å². The molecule has 0 saturated carbocycles. The number of rotatable bonds is 4. The van der Waals surface area contributed by atoms with Crippen molar-refractivity contribution in [3.63, 3.8) is 0 Å². The third-order valence-corrected chi connectivity index (χ3v) is 4.74. The number of nitrogens with zero attached hydrogens (tertiary/aromatic N) is 2. The van der Waals surface area contributed by atoms with Crippen LogP contribution in [-0.2, 0) is 0 Å². The third-order valence-electron chi connectivity index (χ3n) is 4.49. The first-order chi connectivity index (χ1) is 13.1. The standard InChI is InChI=1S/C23H17ClN2O/c1-16-6-2-3-7-19(16)21(27)14-13-20-23(17-9-11-18(24)12-10-17)25-22-8-4-5-15-26(20)22/h2-15H,1H3/b14-13+. The molecule has 0 aliphatic heterocycles. The van der Waals surface area contributed by atoms with Gasteiger partial charge in [-0.15, -0.1) is 0 Å². The van der Waals surface area contributed by atoms with Gasteiger partial charge in [-0.2, -0.15) is 0 Å². The Labute approximate surface area is 162 Å². The molecule has 0 saturated heterocycles. The van der Waals surface area contributed by atoms with Gasteiger partial charge in [0.15, 0.2) is 5.78 Å². The molecule has 2 aromatic heterocycles. The number of carbonyl (C=O) groups is 1. The van der Waals surface area contributed by atoms with Gasteiger partial charge in [-0.25, -0.2) is 4.98 Å². The Morgan fingerprint density at radius 1 is 1.00 bits per heavy atom. The van der Waals surface area contributed by atoms with Gasteiger partial charge in [-0.05, 0) is 48.9 Å². The SMILES string of the molecule is Cc1ccccc1C(=O)/C=C/c1c(-c2ccc(Cl)cc2)nc2ccccn12. The molecule has 27 heavy (non-hydrogen) atoms. The van der Waals surface area contributed by atoms with Gasteiger partial charge in [-0.1, -0.05) is 54.1 Å². The highest BCUT2D eigenvalue weighted by Gasteiger charge is 2.12. The fourth-order valence-corrected chi connectivity index (χ4v) is 3.21. The monoisotopic (exact) mass is 372 g/mol. The van der Waals surface area contributed by atoms with E-state index in [2.05, 4.69) is 0 Å². The number of benzene rings is 2. The van der Waals surface area contributed by atoms with Crippen molar-refractivity contribution in [1.29, 1.82) is 0 Å². The summed E-state index contributed by atoms with van der Waals surface area (Å²) in [5.74, 6) is -0.0268. The maximum absolute atomic E-state index is 12.7. The van der Waals surface area contributed by atoms with Crippen LogP contribution in [0.4, 0.5) is 0 Å². The molecule has 2 aromatic carbocycles. The minimum atomic E-state index is -0.0268. The van der Waals surface area contributed by atoms with Gasteiger partial charge in [0.25, 0.3) is 0 Å². The van der Waals surface area contributed by atoms with Crippen LogP contribution in [-0.4, -0.2) is 15.2 Å². The van der Waals surface area contributed by atoms with Crippen LogP contribution in [0.15, 0.2) is 79.0 Å². The second kappa shape index (κ2) is 7.22. The van der Waals surface area contributed by atoms with Crippen molar-refractivity contribution < 1.29 is 4.79 Å². The van der Waals surface area contributed by atoms with Crippen molar-refractivity contribution in [2.75, 3.05) is 0 Å². The minimum Gasteiger partial charge on any atom is -0.300 e. The summed E-state index contributed by atoms with van der Waals surface area (Å²) >= 11 is 6.02. The lowest BCUT2D eigenvalue weighted by Gasteiger charge is -2.02. The molecule has 0 N–H and O–H groups in total. The van der Waals surface area contributed by atoms with Crippen molar-refractivity contribution in [2.45, 2.75) is 6.92 Å². The average molecular weight is 373 g/mol. The lowest BCUT2D eigenvalue weighted by Crippen LogP contribution is -1.97. The zero-order valence-electron chi connectivity index (χ0n) is 14.8. The minimum absolute atomic E-state index is 0.0268. The van der Waals surface area contributed by atoms with Crippen LogP contribution in [0.25, 0.3) is 23.0 Å². The number of halogens is 1. The Bertz CT molecular complexity index is 1160. The first-order valence-corrected chi connectivity index (χ1v) is 9.02. The molecule has 0 atom stereocenters. The van der Waals surface area contributed by atoms with Crippen molar-refractivity contribution in [3.05, 3.63) is 101 Å². The molecule has 2 heterocycles. The lowest BCUT2D eigenvalue weighted by atomic mass is 10.0. The number of allylic oxidation sites excluding steroid dienone is 1. The third kappa shape index (κ3) is 3.42. The van der Waals surface area contributed by atoms with Crippen LogP contribution in [0, 0.1) is 6.92 Å². The number of hydrogen-bond donors (Lipinski definition) is 0. The molecule has 0 aliphatic carbocycles. The first-order valence-electron chi connectivity index (χ1n) is 8.64. The first kappa shape index (κ1) is 17.3. The second-order valence-corrected chi connectivity index (χ2v) is 6.73. The van der Waals surface area contributed by atoms with E-state index in [1.54, 1.807) is 6.08 Å². The highest BCUT2D eigenvalue weighted by Crippen LogP contribution is 2.27. The summed E-state index contributed by atoms with van der Waals surface area (Å²) < 4.78 is 1.98. The molecule has 4 rings (SSSR count). The number of pyridine rings is 1. The highest BCUT2D eigenvalue weighted by molar-refractivity contribution is 6.30. The van der Waals surface area contributed by atoms with Crippen molar-refractivity contribution >= 4 is 29.1 Å². The van der Waals surface area contributed by atoms with Crippen molar-refractivity contribution in [1.82, 2.24) is 9.38 Å². The van der Waals surface area contributed by atoms with E-state index in [1.807, 2.05) is 90.3 Å². The Kier molecular flexibility index (Phi) is 4.61. The number of ketones is 1. The smallest absolute Gasteiger partial charge is 0.186 e. The largest absolute Gasteiger partial charge is 0.300 e. The van der Waals surface area contributed by atoms with Gasteiger partial charge in [0.05, 0.1) is 11.4 Å². The Balaban J connectivity index is 1.80. The summed E-state index contributed by atoms with van der Waals surface area (Å²) in [7, 11) is 0. The van der Waals surface area contributed by atoms with E-state index in [-0.39, 0.29) is 5.78 Å². The Morgan fingerprint density at radius 3 is 2.52 bits per heavy atom. The normalized spacial score (nSPS) is 11.3. The summed E-state index contributed by atoms with van der Waals surface area (Å²) in [6.45, 7) is 1.94. The molecule has 4 aromatic rings. The molecule has 0 unspecified atom stereocenters. The number of carbonyl (C=O) groups excluding carboxylic acids is 1. The molecule has 0 radical (unpaired) electrons. The molecule has 132 valence electrons. The van der Waals surface area contributed by atoms with Gasteiger partial charge >= 0.3 is 0 Å². The molecule has 0 bridgehead atoms. The van der Waals surface area contributed by atoms with E-state index in [1.165, 1.54) is 0 Å². The zero-order valence-corrected chi connectivity index (χ0v) is 15.5. The maximum atomic E-state index is 12.7. The van der Waals surface area contributed by atoms with Crippen LogP contribution in [0.3, 0.4) is 0 Å². The summed E-state index contributed by atoms with van der Waals surface area (Å²) in [6.07, 6.45) is 5.39. The topological polar surface area (TPSA) is 34.4 Å². The number of fused-ring (bicyclic) bond motifs is 1. The van der Waals surface area contributed by atoms with Gasteiger partial charge in [0.1, 0.15) is 5.65 Å². The van der Waals surface area contributed by atoms with Crippen molar-refractivity contribution in [3.8, 4) is 11.3 Å². The molecule has 0 spiro atoms. The molecule has 4 heteroatoms. The number of imidazole rings is 1. The summed E-state index contributed by atoms with van der Waals surface area (Å²) in [4.78, 5) is 17.4. The molecular weight excluding hydrogens is 356 g/mol. The molecule has 0 amide bonds. The van der Waals surface area contributed by atoms with Crippen LogP contribution >= 0.6 is 11.6 Å². The number of aromatic nitrogens is 2. The summed E-state index contributed by atoms with van der Waals surface area (Å²) in [5, 5.41) is 0.675. The molecule has 0 fully saturated rings. The molecule has 0 aliphatic rings. The highest BCUT2D eigenvalue weighted by atomic mass is 35.5. The second-order valence-electron chi connectivity index (χ2n) is 6.29. The van der Waals surface area contributed by atoms with Crippen LogP contribution in [0.2, 0.25) is 5.02 Å². The van der Waals surface area contributed by atoms with Crippen molar-refractivity contribution in [2.24, 2.45) is 0 Å². The molecular formula is C23H17ClN2O. The van der Waals surface area contributed by atoms with E-state index < -0.39 is 0 Å². The summed E-state index contributed by atoms with van der Waals surface area (Å²) in [5.41, 5.74) is 5.11. The van der Waals surface area contributed by atoms with Gasteiger partial charge < -0.3 is 0 Å².